The zero-order valence-electron chi connectivity index (χ0n) is 5.14. The Labute approximate surface area is 71.9 Å². The molecule has 0 amide bonds. The quantitative estimate of drug-likeness (QED) is 0.506. The molecule has 0 aliphatic rings. The predicted octanol–water partition coefficient (Wildman–Crippen LogP) is 2.25. The number of pyridine rings is 1. The van der Waals surface area contributed by atoms with E-state index in [1.54, 1.807) is 0 Å². The van der Waals surface area contributed by atoms with Gasteiger partial charge in [-0.2, -0.15) is 0 Å². The summed E-state index contributed by atoms with van der Waals surface area (Å²) in [5, 5.41) is -1.03. The zero-order valence-corrected chi connectivity index (χ0v) is 6.66. The number of aromatic nitrogens is 1. The van der Waals surface area contributed by atoms with Crippen LogP contribution < -0.4 is 0 Å². The molecule has 0 bridgehead atoms. The van der Waals surface area contributed by atoms with E-state index in [4.69, 9.17) is 23.2 Å². The lowest BCUT2D eigenvalue weighted by Crippen LogP contribution is -1.92. The average molecular weight is 194 g/mol. The van der Waals surface area contributed by atoms with Gasteiger partial charge in [-0.3, -0.25) is 4.79 Å². The van der Waals surface area contributed by atoms with E-state index in [2.05, 4.69) is 4.98 Å². The maximum absolute atomic E-state index is 12.5. The Balaban J connectivity index is 3.15. The molecule has 0 aliphatic carbocycles. The number of hydrogen-bond donors (Lipinski definition) is 0. The van der Waals surface area contributed by atoms with Crippen molar-refractivity contribution in [2.75, 3.05) is 0 Å². The Bertz CT molecular complexity index is 303. The van der Waals surface area contributed by atoms with Gasteiger partial charge in [0.2, 0.25) is 0 Å². The van der Waals surface area contributed by atoms with Crippen LogP contribution in [0.4, 0.5) is 4.39 Å². The third-order valence-electron chi connectivity index (χ3n) is 1.02. The summed E-state index contributed by atoms with van der Waals surface area (Å²) >= 11 is 10.3. The van der Waals surface area contributed by atoms with Crippen molar-refractivity contribution >= 4 is 28.4 Å². The maximum Gasteiger partial charge on any atom is 0.254 e. The molecule has 0 unspecified atom stereocenters. The van der Waals surface area contributed by atoms with Gasteiger partial charge in [-0.1, -0.05) is 11.6 Å². The van der Waals surface area contributed by atoms with Crippen molar-refractivity contribution in [1.82, 2.24) is 4.98 Å². The molecule has 11 heavy (non-hydrogen) atoms. The average Bonchev–Trinajstić information content (AvgIpc) is 1.94. The number of halogens is 3. The SMILES string of the molecule is O=C(Cl)c1cnc(Cl)c(F)c1. The third kappa shape index (κ3) is 1.88. The van der Waals surface area contributed by atoms with Crippen molar-refractivity contribution in [3.05, 3.63) is 28.8 Å². The highest BCUT2D eigenvalue weighted by Gasteiger charge is 2.06. The van der Waals surface area contributed by atoms with Crippen molar-refractivity contribution in [3.8, 4) is 0 Å². The number of carbonyl (C=O) groups is 1. The maximum atomic E-state index is 12.5. The van der Waals surface area contributed by atoms with Crippen LogP contribution in [0, 0.1) is 5.82 Å². The van der Waals surface area contributed by atoms with Gasteiger partial charge in [0.05, 0.1) is 5.56 Å². The van der Waals surface area contributed by atoms with Crippen molar-refractivity contribution < 1.29 is 9.18 Å². The Morgan fingerprint density at radius 1 is 1.64 bits per heavy atom. The number of nitrogens with zero attached hydrogens (tertiary/aromatic N) is 1. The van der Waals surface area contributed by atoms with Crippen LogP contribution in [0.2, 0.25) is 5.15 Å². The van der Waals surface area contributed by atoms with Crippen molar-refractivity contribution in [2.24, 2.45) is 0 Å². The molecule has 1 aromatic rings. The minimum atomic E-state index is -0.756. The molecule has 0 aromatic carbocycles. The van der Waals surface area contributed by atoms with Gasteiger partial charge < -0.3 is 0 Å². The van der Waals surface area contributed by atoms with Gasteiger partial charge in [0.25, 0.3) is 5.24 Å². The Morgan fingerprint density at radius 2 is 2.27 bits per heavy atom. The Hall–Kier alpha value is -0.670. The van der Waals surface area contributed by atoms with Crippen LogP contribution in [0.1, 0.15) is 10.4 Å². The summed E-state index contributed by atoms with van der Waals surface area (Å²) in [5.41, 5.74) is -0.00596. The van der Waals surface area contributed by atoms with Gasteiger partial charge >= 0.3 is 0 Å². The van der Waals surface area contributed by atoms with Crippen molar-refractivity contribution in [3.63, 3.8) is 0 Å². The second-order valence-corrected chi connectivity index (χ2v) is 2.47. The molecular formula is C6H2Cl2FNO. The smallest absolute Gasteiger partial charge is 0.254 e. The van der Waals surface area contributed by atoms with E-state index < -0.39 is 11.1 Å². The summed E-state index contributed by atoms with van der Waals surface area (Å²) in [6, 6.07) is 0.935. The molecule has 0 aliphatic heterocycles. The van der Waals surface area contributed by atoms with E-state index in [0.29, 0.717) is 0 Å². The van der Waals surface area contributed by atoms with E-state index >= 15 is 0 Å². The van der Waals surface area contributed by atoms with Crippen LogP contribution in [0.3, 0.4) is 0 Å². The van der Waals surface area contributed by atoms with Gasteiger partial charge in [0, 0.05) is 6.20 Å². The van der Waals surface area contributed by atoms with Gasteiger partial charge in [-0.15, -0.1) is 0 Å². The summed E-state index contributed by atoms with van der Waals surface area (Å²) < 4.78 is 12.5. The first-order valence-corrected chi connectivity index (χ1v) is 3.37. The Morgan fingerprint density at radius 3 is 2.73 bits per heavy atom. The molecular weight excluding hydrogens is 192 g/mol. The second kappa shape index (κ2) is 3.15. The molecule has 1 rings (SSSR count). The molecule has 0 N–H and O–H groups in total. The fourth-order valence-electron chi connectivity index (χ4n) is 0.529. The molecule has 0 fully saturated rings. The van der Waals surface area contributed by atoms with Crippen LogP contribution in [0.25, 0.3) is 0 Å². The molecule has 0 atom stereocenters. The van der Waals surface area contributed by atoms with E-state index in [1.807, 2.05) is 0 Å². The van der Waals surface area contributed by atoms with E-state index in [9.17, 15) is 9.18 Å². The summed E-state index contributed by atoms with van der Waals surface area (Å²) in [5.74, 6) is -0.752. The molecule has 0 radical (unpaired) electrons. The lowest BCUT2D eigenvalue weighted by atomic mass is 10.3. The number of rotatable bonds is 1. The van der Waals surface area contributed by atoms with Crippen LogP contribution in [0.5, 0.6) is 0 Å². The minimum absolute atomic E-state index is 0.00596. The molecule has 1 aromatic heterocycles. The lowest BCUT2D eigenvalue weighted by Gasteiger charge is -1.93. The topological polar surface area (TPSA) is 30.0 Å². The first-order chi connectivity index (χ1) is 5.11. The molecule has 5 heteroatoms. The van der Waals surface area contributed by atoms with Gasteiger partial charge in [-0.25, -0.2) is 9.37 Å². The van der Waals surface area contributed by atoms with Gasteiger partial charge in [0.15, 0.2) is 11.0 Å². The largest absolute Gasteiger partial charge is 0.276 e. The predicted molar refractivity (Wildman–Crippen MR) is 39.4 cm³/mol. The lowest BCUT2D eigenvalue weighted by molar-refractivity contribution is 0.108. The first kappa shape index (κ1) is 8.43. The Kier molecular flexibility index (Phi) is 2.42. The minimum Gasteiger partial charge on any atom is -0.276 e. The van der Waals surface area contributed by atoms with E-state index in [-0.39, 0.29) is 10.7 Å². The van der Waals surface area contributed by atoms with Crippen molar-refractivity contribution in [2.45, 2.75) is 0 Å². The molecule has 0 spiro atoms. The molecule has 0 saturated carbocycles. The number of carbonyl (C=O) groups excluding carboxylic acids is 1. The standard InChI is InChI=1S/C6H2Cl2FNO/c7-5-4(9)1-3(2-10-5)6(8)11/h1-2H. The fraction of sp³-hybridized carbons (Fsp3) is 0. The summed E-state index contributed by atoms with van der Waals surface area (Å²) in [4.78, 5) is 13.8. The number of hydrogen-bond acceptors (Lipinski definition) is 2. The summed E-state index contributed by atoms with van der Waals surface area (Å²) in [7, 11) is 0. The monoisotopic (exact) mass is 193 g/mol. The van der Waals surface area contributed by atoms with E-state index in [1.165, 1.54) is 0 Å². The first-order valence-electron chi connectivity index (χ1n) is 2.62. The van der Waals surface area contributed by atoms with Gasteiger partial charge in [0.1, 0.15) is 0 Å². The molecule has 1 heterocycles. The molecule has 0 saturated heterocycles. The van der Waals surface area contributed by atoms with E-state index in [0.717, 1.165) is 12.3 Å². The summed E-state index contributed by atoms with van der Waals surface area (Å²) in [6.45, 7) is 0. The normalized spacial score (nSPS) is 9.73. The fourth-order valence-corrected chi connectivity index (χ4v) is 0.735. The van der Waals surface area contributed by atoms with Crippen LogP contribution in [-0.4, -0.2) is 10.2 Å². The highest BCUT2D eigenvalue weighted by atomic mass is 35.5. The zero-order chi connectivity index (χ0) is 8.43. The van der Waals surface area contributed by atoms with Crippen LogP contribution in [0.15, 0.2) is 12.3 Å². The third-order valence-corrected chi connectivity index (χ3v) is 1.52. The van der Waals surface area contributed by atoms with Crippen LogP contribution >= 0.6 is 23.2 Å². The molecule has 2 nitrogen and oxygen atoms in total. The highest BCUT2D eigenvalue weighted by molar-refractivity contribution is 6.67. The van der Waals surface area contributed by atoms with Gasteiger partial charge in [-0.05, 0) is 17.7 Å². The molecule has 58 valence electrons. The van der Waals surface area contributed by atoms with Crippen LogP contribution in [-0.2, 0) is 0 Å². The highest BCUT2D eigenvalue weighted by Crippen LogP contribution is 2.12. The summed E-state index contributed by atoms with van der Waals surface area (Å²) in [6.07, 6.45) is 1.11. The second-order valence-electron chi connectivity index (χ2n) is 1.77. The van der Waals surface area contributed by atoms with Crippen molar-refractivity contribution in [1.29, 1.82) is 0 Å².